The first kappa shape index (κ1) is 39.5. The van der Waals surface area contributed by atoms with E-state index in [0.29, 0.717) is 43.1 Å². The van der Waals surface area contributed by atoms with Crippen molar-refractivity contribution in [3.8, 4) is 23.3 Å². The minimum absolute atomic E-state index is 0.278. The monoisotopic (exact) mass is 613 g/mol. The SMILES string of the molecule is CC(C)CN.CC(C)n1ncc(-c2ccncc2)c1N.CCOC=O.N#CC(C=O)c1ccncc1.N#CCc1ccncc1. The molecule has 12 heteroatoms. The van der Waals surface area contributed by atoms with Crippen LogP contribution in [0.5, 0.6) is 0 Å². The zero-order chi connectivity index (χ0) is 33.9. The fourth-order valence-electron chi connectivity index (χ4n) is 2.95. The van der Waals surface area contributed by atoms with Gasteiger partial charge in [-0.05, 0) is 86.3 Å². The third-order valence-corrected chi connectivity index (χ3v) is 5.39. The van der Waals surface area contributed by atoms with E-state index in [-0.39, 0.29) is 6.04 Å². The van der Waals surface area contributed by atoms with E-state index in [1.807, 2.05) is 35.0 Å². The van der Waals surface area contributed by atoms with Crippen molar-refractivity contribution in [1.29, 1.82) is 10.5 Å². The number of hydrogen-bond donors (Lipinski definition) is 2. The number of aromatic nitrogens is 5. The molecule has 0 saturated heterocycles. The Kier molecular flexibility index (Phi) is 22.0. The Hall–Kier alpha value is -5.46. The van der Waals surface area contributed by atoms with Crippen LogP contribution in [-0.2, 0) is 20.7 Å². The average molecular weight is 614 g/mol. The lowest BCUT2D eigenvalue weighted by Gasteiger charge is -2.08. The summed E-state index contributed by atoms with van der Waals surface area (Å²) in [6.45, 7) is 11.8. The number of carbonyl (C=O) groups excluding carboxylic acids is 2. The van der Waals surface area contributed by atoms with E-state index in [0.717, 1.165) is 23.2 Å². The highest BCUT2D eigenvalue weighted by Gasteiger charge is 2.10. The predicted molar refractivity (Wildman–Crippen MR) is 174 cm³/mol. The molecule has 0 aliphatic carbocycles. The highest BCUT2D eigenvalue weighted by Crippen LogP contribution is 2.26. The molecule has 4 aromatic heterocycles. The Bertz CT molecular complexity index is 1400. The van der Waals surface area contributed by atoms with Gasteiger partial charge in [-0.3, -0.25) is 19.7 Å². The first-order valence-electron chi connectivity index (χ1n) is 14.2. The number of rotatable bonds is 8. The average Bonchev–Trinajstić information content (AvgIpc) is 3.46. The number of anilines is 1. The lowest BCUT2D eigenvalue weighted by atomic mass is 10.0. The molecule has 0 amide bonds. The van der Waals surface area contributed by atoms with E-state index in [4.69, 9.17) is 22.0 Å². The molecular weight excluding hydrogens is 570 g/mol. The topological polar surface area (TPSA) is 199 Å². The number of nitrogens with two attached hydrogens (primary N) is 2. The van der Waals surface area contributed by atoms with Gasteiger partial charge in [-0.25, -0.2) is 4.68 Å². The molecule has 1 unspecified atom stereocenters. The lowest BCUT2D eigenvalue weighted by Crippen LogP contribution is -2.06. The normalized spacial score (nSPS) is 9.91. The molecule has 238 valence electrons. The summed E-state index contributed by atoms with van der Waals surface area (Å²) in [5.74, 6) is 0.712. The minimum atomic E-state index is -0.655. The number of ether oxygens (including phenoxy) is 1. The van der Waals surface area contributed by atoms with Gasteiger partial charge in [0.05, 0.1) is 31.4 Å². The lowest BCUT2D eigenvalue weighted by molar-refractivity contribution is -0.128. The summed E-state index contributed by atoms with van der Waals surface area (Å²) in [4.78, 5) is 31.0. The fourth-order valence-corrected chi connectivity index (χ4v) is 2.95. The molecule has 0 aliphatic heterocycles. The molecule has 4 heterocycles. The molecule has 4 aromatic rings. The van der Waals surface area contributed by atoms with Crippen LogP contribution in [0.3, 0.4) is 0 Å². The van der Waals surface area contributed by atoms with E-state index in [1.54, 1.807) is 62.4 Å². The molecule has 45 heavy (non-hydrogen) atoms. The van der Waals surface area contributed by atoms with Gasteiger partial charge in [0.2, 0.25) is 0 Å². The summed E-state index contributed by atoms with van der Waals surface area (Å²) in [5, 5.41) is 21.0. The molecule has 0 saturated carbocycles. The van der Waals surface area contributed by atoms with Crippen LogP contribution in [0.15, 0.2) is 79.8 Å². The van der Waals surface area contributed by atoms with Crippen LogP contribution in [0, 0.1) is 28.6 Å². The van der Waals surface area contributed by atoms with Crippen LogP contribution in [-0.4, -0.2) is 50.6 Å². The van der Waals surface area contributed by atoms with Gasteiger partial charge in [0.15, 0.2) is 0 Å². The minimum Gasteiger partial charge on any atom is -0.468 e. The molecular formula is C33H43N9O3. The Labute approximate surface area is 265 Å². The van der Waals surface area contributed by atoms with Crippen LogP contribution in [0.2, 0.25) is 0 Å². The zero-order valence-corrected chi connectivity index (χ0v) is 26.5. The number of nitrogens with zero attached hydrogens (tertiary/aromatic N) is 7. The van der Waals surface area contributed by atoms with Crippen molar-refractivity contribution in [2.75, 3.05) is 18.9 Å². The second kappa shape index (κ2) is 25.1. The van der Waals surface area contributed by atoms with Crippen molar-refractivity contribution < 1.29 is 14.3 Å². The molecule has 0 aliphatic rings. The van der Waals surface area contributed by atoms with E-state index < -0.39 is 5.92 Å². The summed E-state index contributed by atoms with van der Waals surface area (Å²) < 4.78 is 5.97. The zero-order valence-electron chi connectivity index (χ0n) is 26.5. The molecule has 0 fully saturated rings. The number of nitriles is 2. The van der Waals surface area contributed by atoms with E-state index in [9.17, 15) is 9.59 Å². The standard InChI is InChI=1S/C11H14N4.C8H6N2O.C7H6N2.C4H11N.C3H6O2/c1-8(2)15-11(12)10(7-14-15)9-3-5-13-6-4-9;9-5-8(6-11)7-1-3-10-4-2-7;8-4-1-7-2-5-9-6-3-7;1-4(2)3-5;1-2-5-3-4/h3-8H,12H2,1-2H3;1-4,6,8H;2-3,5-6H,1H2;4H,3,5H2,1-2H3;3H,2H2,1H3. The second-order valence-corrected chi connectivity index (χ2v) is 9.61. The van der Waals surface area contributed by atoms with Gasteiger partial charge in [-0.1, -0.05) is 13.8 Å². The number of aldehydes is 1. The Morgan fingerprint density at radius 3 is 1.78 bits per heavy atom. The molecule has 1 atom stereocenters. The third kappa shape index (κ3) is 17.3. The van der Waals surface area contributed by atoms with Crippen molar-refractivity contribution in [2.24, 2.45) is 11.7 Å². The molecule has 0 bridgehead atoms. The largest absolute Gasteiger partial charge is 0.468 e. The predicted octanol–water partition coefficient (Wildman–Crippen LogP) is 4.92. The van der Waals surface area contributed by atoms with Crippen molar-refractivity contribution in [2.45, 2.75) is 53.0 Å². The van der Waals surface area contributed by atoms with Crippen molar-refractivity contribution in [3.63, 3.8) is 0 Å². The molecule has 12 nitrogen and oxygen atoms in total. The summed E-state index contributed by atoms with van der Waals surface area (Å²) in [7, 11) is 0. The summed E-state index contributed by atoms with van der Waals surface area (Å²) >= 11 is 0. The number of pyridine rings is 3. The Morgan fingerprint density at radius 1 is 0.911 bits per heavy atom. The maximum atomic E-state index is 10.3. The van der Waals surface area contributed by atoms with Crippen LogP contribution in [0.25, 0.3) is 11.1 Å². The van der Waals surface area contributed by atoms with Gasteiger partial charge in [-0.15, -0.1) is 0 Å². The van der Waals surface area contributed by atoms with Crippen LogP contribution in [0.4, 0.5) is 5.82 Å². The maximum Gasteiger partial charge on any atom is 0.293 e. The fraction of sp³-hybridized carbons (Fsp3) is 0.333. The summed E-state index contributed by atoms with van der Waals surface area (Å²) in [5.41, 5.74) is 14.9. The van der Waals surface area contributed by atoms with Crippen molar-refractivity contribution in [1.82, 2.24) is 24.7 Å². The molecule has 0 radical (unpaired) electrons. The first-order chi connectivity index (χ1) is 21.7. The summed E-state index contributed by atoms with van der Waals surface area (Å²) in [6.07, 6.45) is 12.9. The number of nitrogen functional groups attached to an aromatic ring is 1. The summed E-state index contributed by atoms with van der Waals surface area (Å²) in [6, 6.07) is 15.0. The Balaban J connectivity index is 0.000000575. The molecule has 0 spiro atoms. The highest BCUT2D eigenvalue weighted by molar-refractivity contribution is 5.73. The number of hydrogen-bond acceptors (Lipinski definition) is 11. The van der Waals surface area contributed by atoms with Crippen LogP contribution >= 0.6 is 0 Å². The van der Waals surface area contributed by atoms with Gasteiger partial charge in [-0.2, -0.15) is 15.6 Å². The number of carbonyl (C=O) groups is 2. The Morgan fingerprint density at radius 2 is 1.42 bits per heavy atom. The first-order valence-corrected chi connectivity index (χ1v) is 14.2. The van der Waals surface area contributed by atoms with Gasteiger partial charge >= 0.3 is 0 Å². The van der Waals surface area contributed by atoms with Gasteiger partial charge in [0.1, 0.15) is 18.0 Å². The van der Waals surface area contributed by atoms with E-state index in [2.05, 4.69) is 58.6 Å². The van der Waals surface area contributed by atoms with E-state index in [1.165, 1.54) is 0 Å². The highest BCUT2D eigenvalue weighted by atomic mass is 16.5. The van der Waals surface area contributed by atoms with Crippen molar-refractivity contribution >= 4 is 18.6 Å². The smallest absolute Gasteiger partial charge is 0.293 e. The third-order valence-electron chi connectivity index (χ3n) is 5.39. The molecule has 0 aromatic carbocycles. The quantitative estimate of drug-likeness (QED) is 0.255. The van der Waals surface area contributed by atoms with E-state index >= 15 is 0 Å². The maximum absolute atomic E-state index is 10.3. The van der Waals surface area contributed by atoms with Gasteiger partial charge in [0, 0.05) is 48.8 Å². The van der Waals surface area contributed by atoms with Gasteiger partial charge in [0.25, 0.3) is 6.47 Å². The second-order valence-electron chi connectivity index (χ2n) is 9.61. The van der Waals surface area contributed by atoms with Crippen LogP contribution < -0.4 is 11.5 Å². The van der Waals surface area contributed by atoms with Crippen molar-refractivity contribution in [3.05, 3.63) is 90.9 Å². The molecule has 4 rings (SSSR count). The van der Waals surface area contributed by atoms with Crippen LogP contribution in [0.1, 0.15) is 57.7 Å². The van der Waals surface area contributed by atoms with Gasteiger partial charge < -0.3 is 21.0 Å². The molecule has 4 N–H and O–H groups in total.